The highest BCUT2D eigenvalue weighted by Gasteiger charge is 1.89. The second-order valence-corrected chi connectivity index (χ2v) is 3.08. The molecule has 10 heavy (non-hydrogen) atoms. The first kappa shape index (κ1) is 9.48. The van der Waals surface area contributed by atoms with E-state index in [1.54, 1.807) is 0 Å². The first-order valence-electron chi connectivity index (χ1n) is 3.95. The summed E-state index contributed by atoms with van der Waals surface area (Å²) in [5.41, 5.74) is 1.48. The predicted molar refractivity (Wildman–Crippen MR) is 48.0 cm³/mol. The molecule has 0 amide bonds. The zero-order chi connectivity index (χ0) is 7.98. The first-order chi connectivity index (χ1) is 4.66. The van der Waals surface area contributed by atoms with Crippen LogP contribution in [0.25, 0.3) is 0 Å². The van der Waals surface area contributed by atoms with Crippen molar-refractivity contribution in [3.8, 4) is 0 Å². The minimum Gasteiger partial charge on any atom is -0.103 e. The molecule has 0 saturated heterocycles. The Balaban J connectivity index is 3.59. The monoisotopic (exact) mass is 138 g/mol. The normalized spacial score (nSPS) is 12.2. The zero-order valence-electron chi connectivity index (χ0n) is 7.35. The second kappa shape index (κ2) is 5.28. The van der Waals surface area contributed by atoms with Crippen LogP contribution < -0.4 is 0 Å². The molecule has 0 heterocycles. The molecule has 0 aliphatic rings. The quantitative estimate of drug-likeness (QED) is 0.521. The van der Waals surface area contributed by atoms with Crippen LogP contribution in [0.5, 0.6) is 0 Å². The van der Waals surface area contributed by atoms with Crippen LogP contribution in [0.4, 0.5) is 0 Å². The molecule has 0 aliphatic carbocycles. The van der Waals surface area contributed by atoms with Crippen molar-refractivity contribution in [3.63, 3.8) is 0 Å². The predicted octanol–water partition coefficient (Wildman–Crippen LogP) is 3.55. The lowest BCUT2D eigenvalue weighted by Crippen LogP contribution is -1.82. The van der Waals surface area contributed by atoms with Gasteiger partial charge in [0, 0.05) is 0 Å². The van der Waals surface area contributed by atoms with Gasteiger partial charge in [0.15, 0.2) is 0 Å². The maximum Gasteiger partial charge on any atom is -0.0288 e. The van der Waals surface area contributed by atoms with Gasteiger partial charge in [-0.05, 0) is 25.7 Å². The molecule has 0 aromatic rings. The average molecular weight is 138 g/mol. The largest absolute Gasteiger partial charge is 0.103 e. The molecule has 0 aromatic heterocycles. The minimum atomic E-state index is 0.685. The summed E-state index contributed by atoms with van der Waals surface area (Å²) >= 11 is 0. The maximum atomic E-state index is 3.68. The van der Waals surface area contributed by atoms with E-state index in [1.807, 2.05) is 6.08 Å². The van der Waals surface area contributed by atoms with Gasteiger partial charge in [0.25, 0.3) is 0 Å². The van der Waals surface area contributed by atoms with Crippen molar-refractivity contribution in [1.29, 1.82) is 0 Å². The number of allylic oxidation sites excluding steroid dienone is 3. The lowest BCUT2D eigenvalue weighted by molar-refractivity contribution is 0.807. The van der Waals surface area contributed by atoms with Crippen LogP contribution in [0.15, 0.2) is 24.3 Å². The first-order valence-corrected chi connectivity index (χ1v) is 3.95. The van der Waals surface area contributed by atoms with E-state index >= 15 is 0 Å². The molecule has 0 aliphatic heterocycles. The van der Waals surface area contributed by atoms with Crippen LogP contribution in [0, 0.1) is 5.92 Å². The molecule has 0 nitrogen and oxygen atoms in total. The van der Waals surface area contributed by atoms with E-state index in [-0.39, 0.29) is 0 Å². The molecule has 0 rings (SSSR count). The van der Waals surface area contributed by atoms with Crippen LogP contribution in [0.1, 0.15) is 33.6 Å². The summed E-state index contributed by atoms with van der Waals surface area (Å²) in [5.74, 6) is 0.685. The number of rotatable bonds is 4. The van der Waals surface area contributed by atoms with Crippen molar-refractivity contribution in [2.45, 2.75) is 33.6 Å². The molecule has 0 spiro atoms. The Labute approximate surface area is 64.6 Å². The highest BCUT2D eigenvalue weighted by molar-refractivity contribution is 5.00. The third-order valence-electron chi connectivity index (χ3n) is 1.36. The molecule has 0 radical (unpaired) electrons. The molecule has 0 heteroatoms. The molecule has 0 N–H and O–H groups in total. The van der Waals surface area contributed by atoms with E-state index in [4.69, 9.17) is 0 Å². The fourth-order valence-corrected chi connectivity index (χ4v) is 0.982. The SMILES string of the molecule is C=CCCC(C)=CC(C)C. The molecule has 0 saturated carbocycles. The van der Waals surface area contributed by atoms with Crippen molar-refractivity contribution in [2.75, 3.05) is 0 Å². The summed E-state index contributed by atoms with van der Waals surface area (Å²) in [7, 11) is 0. The van der Waals surface area contributed by atoms with E-state index < -0.39 is 0 Å². The fraction of sp³-hybridized carbons (Fsp3) is 0.600. The minimum absolute atomic E-state index is 0.685. The Bertz CT molecular complexity index is 118. The van der Waals surface area contributed by atoms with Crippen molar-refractivity contribution in [1.82, 2.24) is 0 Å². The molecule has 0 unspecified atom stereocenters. The van der Waals surface area contributed by atoms with Gasteiger partial charge in [-0.1, -0.05) is 31.6 Å². The molecular formula is C10H18. The maximum absolute atomic E-state index is 3.68. The highest BCUT2D eigenvalue weighted by atomic mass is 14.0. The summed E-state index contributed by atoms with van der Waals surface area (Å²) in [5, 5.41) is 0. The number of hydrogen-bond donors (Lipinski definition) is 0. The topological polar surface area (TPSA) is 0 Å². The van der Waals surface area contributed by atoms with Crippen molar-refractivity contribution < 1.29 is 0 Å². The summed E-state index contributed by atoms with van der Waals surface area (Å²) < 4.78 is 0. The van der Waals surface area contributed by atoms with Gasteiger partial charge < -0.3 is 0 Å². The van der Waals surface area contributed by atoms with Crippen LogP contribution in [-0.2, 0) is 0 Å². The van der Waals surface area contributed by atoms with Crippen molar-refractivity contribution in [2.24, 2.45) is 5.92 Å². The van der Waals surface area contributed by atoms with Crippen LogP contribution in [0.2, 0.25) is 0 Å². The van der Waals surface area contributed by atoms with Gasteiger partial charge in [0.1, 0.15) is 0 Å². The fourth-order valence-electron chi connectivity index (χ4n) is 0.982. The molecule has 58 valence electrons. The Morgan fingerprint density at radius 1 is 1.50 bits per heavy atom. The van der Waals surface area contributed by atoms with E-state index in [0.29, 0.717) is 5.92 Å². The van der Waals surface area contributed by atoms with Crippen LogP contribution in [0.3, 0.4) is 0 Å². The van der Waals surface area contributed by atoms with Crippen LogP contribution in [-0.4, -0.2) is 0 Å². The summed E-state index contributed by atoms with van der Waals surface area (Å²) in [6.07, 6.45) is 6.55. The average Bonchev–Trinajstić information content (AvgIpc) is 1.82. The molecule has 0 aromatic carbocycles. The molecular weight excluding hydrogens is 120 g/mol. The highest BCUT2D eigenvalue weighted by Crippen LogP contribution is 2.07. The van der Waals surface area contributed by atoms with Crippen LogP contribution >= 0.6 is 0 Å². The van der Waals surface area contributed by atoms with Gasteiger partial charge in [-0.15, -0.1) is 6.58 Å². The van der Waals surface area contributed by atoms with E-state index in [0.717, 1.165) is 6.42 Å². The molecule has 0 bridgehead atoms. The molecule has 0 atom stereocenters. The summed E-state index contributed by atoms with van der Waals surface area (Å²) in [4.78, 5) is 0. The van der Waals surface area contributed by atoms with Gasteiger partial charge in [-0.2, -0.15) is 0 Å². The third-order valence-corrected chi connectivity index (χ3v) is 1.36. The van der Waals surface area contributed by atoms with E-state index in [9.17, 15) is 0 Å². The third kappa shape index (κ3) is 5.61. The van der Waals surface area contributed by atoms with Crippen molar-refractivity contribution in [3.05, 3.63) is 24.3 Å². The second-order valence-electron chi connectivity index (χ2n) is 3.08. The zero-order valence-corrected chi connectivity index (χ0v) is 7.35. The smallest absolute Gasteiger partial charge is 0.0288 e. The van der Waals surface area contributed by atoms with Gasteiger partial charge in [-0.3, -0.25) is 0 Å². The van der Waals surface area contributed by atoms with E-state index in [1.165, 1.54) is 12.0 Å². The van der Waals surface area contributed by atoms with Gasteiger partial charge in [-0.25, -0.2) is 0 Å². The Kier molecular flexibility index (Phi) is 5.00. The lowest BCUT2D eigenvalue weighted by Gasteiger charge is -1.99. The van der Waals surface area contributed by atoms with E-state index in [2.05, 4.69) is 33.4 Å². The summed E-state index contributed by atoms with van der Waals surface area (Å²) in [6, 6.07) is 0. The van der Waals surface area contributed by atoms with Gasteiger partial charge in [0.05, 0.1) is 0 Å². The Morgan fingerprint density at radius 2 is 2.10 bits per heavy atom. The van der Waals surface area contributed by atoms with Crippen molar-refractivity contribution >= 4 is 0 Å². The van der Waals surface area contributed by atoms with Gasteiger partial charge >= 0.3 is 0 Å². The Morgan fingerprint density at radius 3 is 2.50 bits per heavy atom. The standard InChI is InChI=1S/C10H18/c1-5-6-7-10(4)8-9(2)3/h5,8-9H,1,6-7H2,2-4H3. The number of hydrogen-bond acceptors (Lipinski definition) is 0. The summed E-state index contributed by atoms with van der Waals surface area (Å²) in [6.45, 7) is 10.3. The Hall–Kier alpha value is -0.520. The lowest BCUT2D eigenvalue weighted by atomic mass is 10.1. The molecule has 0 fully saturated rings. The van der Waals surface area contributed by atoms with Gasteiger partial charge in [0.2, 0.25) is 0 Å².